The number of thiazole rings is 1. The van der Waals surface area contributed by atoms with Crippen LogP contribution in [-0.4, -0.2) is 15.9 Å². The van der Waals surface area contributed by atoms with E-state index in [-0.39, 0.29) is 16.7 Å². The molecular formula is C15H15ClN2O3S. The second-order valence-electron chi connectivity index (χ2n) is 5.12. The number of carbonyl (C=O) groups is 1. The Morgan fingerprint density at radius 1 is 1.59 bits per heavy atom. The minimum absolute atomic E-state index is 0.0233. The molecule has 0 saturated carbocycles. The number of pyridine rings is 1. The van der Waals surface area contributed by atoms with Gasteiger partial charge in [0.1, 0.15) is 11.1 Å². The van der Waals surface area contributed by atoms with E-state index in [0.29, 0.717) is 0 Å². The Kier molecular flexibility index (Phi) is 4.31. The van der Waals surface area contributed by atoms with Crippen molar-refractivity contribution in [1.82, 2.24) is 9.97 Å². The Morgan fingerprint density at radius 3 is 3.14 bits per heavy atom. The number of halogens is 1. The zero-order valence-electron chi connectivity index (χ0n) is 12.0. The molecule has 7 heteroatoms. The number of hydrogen-bond acceptors (Lipinski definition) is 5. The van der Waals surface area contributed by atoms with Gasteiger partial charge in [0.2, 0.25) is 0 Å². The fourth-order valence-corrected chi connectivity index (χ4v) is 3.75. The number of ether oxygens (including phenoxy) is 1. The fourth-order valence-electron chi connectivity index (χ4n) is 2.47. The van der Waals surface area contributed by atoms with Gasteiger partial charge in [-0.2, -0.15) is 0 Å². The molecule has 0 aromatic carbocycles. The van der Waals surface area contributed by atoms with Crippen molar-refractivity contribution in [2.24, 2.45) is 0 Å². The molecule has 0 fully saturated rings. The van der Waals surface area contributed by atoms with E-state index < -0.39 is 11.5 Å². The molecule has 2 aromatic rings. The van der Waals surface area contributed by atoms with Crippen LogP contribution in [0.2, 0.25) is 5.02 Å². The van der Waals surface area contributed by atoms with Crippen LogP contribution in [0.5, 0.6) is 0 Å². The molecule has 0 bridgehead atoms. The standard InChI is InChI=1S/C15H15ClN2O3S/c1-2-12-18-10-4-3-5-11(13(10)22-12)21-15(20)8-6-9(16)14(19)17-7-8/h6-7,11H,2-5H2,1H3,(H,17,19). The van der Waals surface area contributed by atoms with Gasteiger partial charge in [-0.3, -0.25) is 4.79 Å². The average molecular weight is 339 g/mol. The van der Waals surface area contributed by atoms with E-state index in [1.54, 1.807) is 11.3 Å². The highest BCUT2D eigenvalue weighted by molar-refractivity contribution is 7.11. The second kappa shape index (κ2) is 6.22. The maximum Gasteiger partial charge on any atom is 0.340 e. The van der Waals surface area contributed by atoms with Gasteiger partial charge in [0.05, 0.1) is 21.1 Å². The first-order valence-corrected chi connectivity index (χ1v) is 8.35. The van der Waals surface area contributed by atoms with Gasteiger partial charge >= 0.3 is 5.97 Å². The van der Waals surface area contributed by atoms with Crippen LogP contribution in [0, 0.1) is 0 Å². The summed E-state index contributed by atoms with van der Waals surface area (Å²) >= 11 is 7.36. The predicted molar refractivity (Wildman–Crippen MR) is 84.7 cm³/mol. The number of nitrogens with one attached hydrogen (secondary N) is 1. The number of rotatable bonds is 3. The maximum absolute atomic E-state index is 12.2. The number of carbonyl (C=O) groups excluding carboxylic acids is 1. The average Bonchev–Trinajstić information content (AvgIpc) is 2.94. The van der Waals surface area contributed by atoms with Crippen molar-refractivity contribution in [3.8, 4) is 0 Å². The molecule has 0 amide bonds. The van der Waals surface area contributed by atoms with E-state index in [9.17, 15) is 9.59 Å². The smallest absolute Gasteiger partial charge is 0.340 e. The van der Waals surface area contributed by atoms with Crippen molar-refractivity contribution in [3.63, 3.8) is 0 Å². The lowest BCUT2D eigenvalue weighted by molar-refractivity contribution is 0.0264. The lowest BCUT2D eigenvalue weighted by Gasteiger charge is -2.21. The van der Waals surface area contributed by atoms with Gasteiger partial charge in [0.15, 0.2) is 0 Å². The van der Waals surface area contributed by atoms with Gasteiger partial charge in [-0.15, -0.1) is 11.3 Å². The molecule has 1 aliphatic rings. The first kappa shape index (κ1) is 15.2. The molecule has 116 valence electrons. The number of H-pyrrole nitrogens is 1. The SMILES string of the molecule is CCc1nc2c(s1)C(OC(=O)c1c[nH]c(=O)c(Cl)c1)CCC2. The maximum atomic E-state index is 12.2. The van der Waals surface area contributed by atoms with Crippen molar-refractivity contribution in [1.29, 1.82) is 0 Å². The molecular weight excluding hydrogens is 324 g/mol. The molecule has 1 unspecified atom stereocenters. The molecule has 3 rings (SSSR count). The van der Waals surface area contributed by atoms with Crippen LogP contribution in [0.1, 0.15) is 51.8 Å². The van der Waals surface area contributed by atoms with Crippen LogP contribution < -0.4 is 5.56 Å². The summed E-state index contributed by atoms with van der Waals surface area (Å²) in [6.07, 6.45) is 4.62. The minimum atomic E-state index is -0.484. The molecule has 5 nitrogen and oxygen atoms in total. The van der Waals surface area contributed by atoms with Crippen LogP contribution in [0.4, 0.5) is 0 Å². The highest BCUT2D eigenvalue weighted by Gasteiger charge is 2.28. The molecule has 0 radical (unpaired) electrons. The summed E-state index contributed by atoms with van der Waals surface area (Å²) in [5.74, 6) is -0.484. The van der Waals surface area contributed by atoms with E-state index in [1.165, 1.54) is 12.3 Å². The highest BCUT2D eigenvalue weighted by atomic mass is 35.5. The highest BCUT2D eigenvalue weighted by Crippen LogP contribution is 2.37. The van der Waals surface area contributed by atoms with E-state index in [2.05, 4.69) is 16.9 Å². The molecule has 1 atom stereocenters. The van der Waals surface area contributed by atoms with Crippen LogP contribution in [0.15, 0.2) is 17.1 Å². The number of fused-ring (bicyclic) bond motifs is 1. The molecule has 1 aliphatic carbocycles. The van der Waals surface area contributed by atoms with Gasteiger partial charge in [0.25, 0.3) is 5.56 Å². The third-order valence-corrected chi connectivity index (χ3v) is 5.20. The molecule has 2 heterocycles. The second-order valence-corrected chi connectivity index (χ2v) is 6.65. The van der Waals surface area contributed by atoms with Crippen LogP contribution in [0.25, 0.3) is 0 Å². The zero-order chi connectivity index (χ0) is 15.7. The fraction of sp³-hybridized carbons (Fsp3) is 0.400. The molecule has 0 spiro atoms. The minimum Gasteiger partial charge on any atom is -0.453 e. The lowest BCUT2D eigenvalue weighted by atomic mass is 10.0. The first-order chi connectivity index (χ1) is 10.6. The number of aromatic nitrogens is 2. The van der Waals surface area contributed by atoms with Gasteiger partial charge in [-0.1, -0.05) is 18.5 Å². The summed E-state index contributed by atoms with van der Waals surface area (Å²) in [7, 11) is 0. The van der Waals surface area contributed by atoms with Crippen molar-refractivity contribution in [2.75, 3.05) is 0 Å². The quantitative estimate of drug-likeness (QED) is 0.872. The number of aromatic amines is 1. The number of aryl methyl sites for hydroxylation is 2. The third kappa shape index (κ3) is 2.94. The topological polar surface area (TPSA) is 72.0 Å². The normalized spacial score (nSPS) is 17.1. The van der Waals surface area contributed by atoms with Crippen molar-refractivity contribution >= 4 is 28.9 Å². The monoisotopic (exact) mass is 338 g/mol. The summed E-state index contributed by atoms with van der Waals surface area (Å²) in [5.41, 5.74) is 0.871. The molecule has 0 saturated heterocycles. The molecule has 0 aliphatic heterocycles. The third-order valence-electron chi connectivity index (χ3n) is 3.59. The summed E-state index contributed by atoms with van der Waals surface area (Å²) in [6, 6.07) is 1.33. The summed E-state index contributed by atoms with van der Waals surface area (Å²) in [5, 5.41) is 1.05. The van der Waals surface area contributed by atoms with Crippen molar-refractivity contribution in [2.45, 2.75) is 38.7 Å². The van der Waals surface area contributed by atoms with E-state index in [0.717, 1.165) is 41.3 Å². The number of hydrogen-bond donors (Lipinski definition) is 1. The Morgan fingerprint density at radius 2 is 2.41 bits per heavy atom. The van der Waals surface area contributed by atoms with Gasteiger partial charge in [-0.25, -0.2) is 9.78 Å². The Hall–Kier alpha value is -1.66. The van der Waals surface area contributed by atoms with Crippen LogP contribution >= 0.6 is 22.9 Å². The van der Waals surface area contributed by atoms with Gasteiger partial charge in [0, 0.05) is 6.20 Å². The Bertz CT molecular complexity index is 768. The lowest BCUT2D eigenvalue weighted by Crippen LogP contribution is -2.17. The van der Waals surface area contributed by atoms with Crippen LogP contribution in [0.3, 0.4) is 0 Å². The summed E-state index contributed by atoms with van der Waals surface area (Å²) < 4.78 is 5.61. The molecule has 22 heavy (non-hydrogen) atoms. The predicted octanol–water partition coefficient (Wildman–Crippen LogP) is 3.28. The van der Waals surface area contributed by atoms with Gasteiger partial charge in [-0.05, 0) is 31.7 Å². The summed E-state index contributed by atoms with van der Waals surface area (Å²) in [4.78, 5) is 31.5. The number of esters is 1. The van der Waals surface area contributed by atoms with Gasteiger partial charge < -0.3 is 9.72 Å². The molecule has 2 aromatic heterocycles. The summed E-state index contributed by atoms with van der Waals surface area (Å²) in [6.45, 7) is 2.06. The Balaban J connectivity index is 1.81. The Labute approximate surface area is 136 Å². The first-order valence-electron chi connectivity index (χ1n) is 7.16. The van der Waals surface area contributed by atoms with Crippen LogP contribution in [-0.2, 0) is 17.6 Å². The van der Waals surface area contributed by atoms with E-state index in [4.69, 9.17) is 16.3 Å². The van der Waals surface area contributed by atoms with E-state index in [1.807, 2.05) is 0 Å². The van der Waals surface area contributed by atoms with Crippen molar-refractivity contribution in [3.05, 3.63) is 48.8 Å². The number of nitrogens with zero attached hydrogens (tertiary/aromatic N) is 1. The zero-order valence-corrected chi connectivity index (χ0v) is 13.6. The molecule has 1 N–H and O–H groups in total. The largest absolute Gasteiger partial charge is 0.453 e. The van der Waals surface area contributed by atoms with Crippen molar-refractivity contribution < 1.29 is 9.53 Å². The van der Waals surface area contributed by atoms with E-state index >= 15 is 0 Å².